The SMILES string of the molecule is CC1c2ccccc2CCN1Cc1ccc(-c2ccc(SN3CCOCC3)cc2)cc1.NC=O. The Morgan fingerprint density at radius 3 is 2.24 bits per heavy atom. The summed E-state index contributed by atoms with van der Waals surface area (Å²) >= 11 is 1.83. The van der Waals surface area contributed by atoms with Crippen LogP contribution < -0.4 is 5.73 Å². The number of hydrogen-bond acceptors (Lipinski definition) is 5. The molecule has 5 nitrogen and oxygen atoms in total. The second-order valence-electron chi connectivity index (χ2n) is 8.59. The van der Waals surface area contributed by atoms with Crippen molar-refractivity contribution in [3.8, 4) is 11.1 Å². The van der Waals surface area contributed by atoms with Gasteiger partial charge in [-0.15, -0.1) is 0 Å². The fourth-order valence-corrected chi connectivity index (χ4v) is 5.46. The Balaban J connectivity index is 0.000000868. The Morgan fingerprint density at radius 1 is 0.941 bits per heavy atom. The zero-order chi connectivity index (χ0) is 23.8. The minimum absolute atomic E-state index is 0.250. The van der Waals surface area contributed by atoms with E-state index in [0.717, 1.165) is 45.8 Å². The first-order valence-corrected chi connectivity index (χ1v) is 12.6. The third-order valence-electron chi connectivity index (χ3n) is 6.45. The lowest BCUT2D eigenvalue weighted by atomic mass is 9.93. The molecule has 0 bridgehead atoms. The van der Waals surface area contributed by atoms with E-state index in [2.05, 4.69) is 94.7 Å². The predicted octanol–water partition coefficient (Wildman–Crippen LogP) is 4.91. The van der Waals surface area contributed by atoms with Crippen LogP contribution in [0.5, 0.6) is 0 Å². The number of carbonyl (C=O) groups is 1. The number of nitrogens with two attached hydrogens (primary N) is 1. The lowest BCUT2D eigenvalue weighted by molar-refractivity contribution is -0.106. The topological polar surface area (TPSA) is 58.8 Å². The monoisotopic (exact) mass is 475 g/mol. The molecule has 178 valence electrons. The van der Waals surface area contributed by atoms with Gasteiger partial charge in [-0.25, -0.2) is 4.31 Å². The van der Waals surface area contributed by atoms with Gasteiger partial charge in [-0.05, 0) is 65.2 Å². The van der Waals surface area contributed by atoms with E-state index >= 15 is 0 Å². The van der Waals surface area contributed by atoms with Crippen molar-refractivity contribution in [2.75, 3.05) is 32.8 Å². The molecular formula is C28H33N3O2S. The van der Waals surface area contributed by atoms with Gasteiger partial charge in [-0.3, -0.25) is 9.69 Å². The van der Waals surface area contributed by atoms with Gasteiger partial charge in [0.25, 0.3) is 0 Å². The van der Waals surface area contributed by atoms with E-state index < -0.39 is 0 Å². The van der Waals surface area contributed by atoms with E-state index in [1.807, 2.05) is 11.9 Å². The molecule has 1 atom stereocenters. The van der Waals surface area contributed by atoms with Crippen LogP contribution in [0, 0.1) is 0 Å². The molecular weight excluding hydrogens is 442 g/mol. The molecule has 5 rings (SSSR count). The fourth-order valence-electron chi connectivity index (χ4n) is 4.57. The lowest BCUT2D eigenvalue weighted by Gasteiger charge is -2.35. The maximum absolute atomic E-state index is 8.58. The number of amides is 1. The largest absolute Gasteiger partial charge is 0.379 e. The van der Waals surface area contributed by atoms with Crippen molar-refractivity contribution in [2.45, 2.75) is 30.8 Å². The van der Waals surface area contributed by atoms with E-state index in [1.165, 1.54) is 32.7 Å². The number of fused-ring (bicyclic) bond motifs is 1. The summed E-state index contributed by atoms with van der Waals surface area (Å²) in [5, 5.41) is 0. The van der Waals surface area contributed by atoms with Crippen molar-refractivity contribution in [3.05, 3.63) is 89.5 Å². The molecule has 6 heteroatoms. The summed E-state index contributed by atoms with van der Waals surface area (Å²) in [6.07, 6.45) is 1.40. The summed E-state index contributed by atoms with van der Waals surface area (Å²) in [6, 6.07) is 27.4. The van der Waals surface area contributed by atoms with E-state index in [9.17, 15) is 0 Å². The molecule has 0 saturated carbocycles. The average Bonchev–Trinajstić information content (AvgIpc) is 2.88. The molecule has 34 heavy (non-hydrogen) atoms. The Labute approximate surface area is 207 Å². The molecule has 2 aliphatic heterocycles. The van der Waals surface area contributed by atoms with Gasteiger partial charge in [0.1, 0.15) is 0 Å². The zero-order valence-electron chi connectivity index (χ0n) is 19.7. The molecule has 2 N–H and O–H groups in total. The quantitative estimate of drug-likeness (QED) is 0.420. The molecule has 0 radical (unpaired) electrons. The third-order valence-corrected chi connectivity index (χ3v) is 7.56. The molecule has 3 aromatic rings. The molecule has 2 aliphatic rings. The number of morpholine rings is 1. The number of benzene rings is 3. The van der Waals surface area contributed by atoms with E-state index in [4.69, 9.17) is 9.53 Å². The van der Waals surface area contributed by atoms with E-state index in [1.54, 1.807) is 0 Å². The average molecular weight is 476 g/mol. The van der Waals surface area contributed by atoms with Gasteiger partial charge in [0, 0.05) is 37.1 Å². The van der Waals surface area contributed by atoms with Crippen LogP contribution >= 0.6 is 11.9 Å². The van der Waals surface area contributed by atoms with Crippen molar-refractivity contribution in [3.63, 3.8) is 0 Å². The van der Waals surface area contributed by atoms with Crippen LogP contribution in [-0.2, 0) is 22.5 Å². The third kappa shape index (κ3) is 6.27. The molecule has 2 heterocycles. The molecule has 1 saturated heterocycles. The molecule has 0 aliphatic carbocycles. The first kappa shape index (κ1) is 24.5. The summed E-state index contributed by atoms with van der Waals surface area (Å²) in [6.45, 7) is 8.13. The van der Waals surface area contributed by atoms with Crippen LogP contribution in [0.2, 0.25) is 0 Å². The first-order chi connectivity index (χ1) is 16.7. The molecule has 0 spiro atoms. The smallest absolute Gasteiger partial charge is 0.204 e. The Hall–Kier alpha value is -2.64. The van der Waals surface area contributed by atoms with Gasteiger partial charge >= 0.3 is 0 Å². The second kappa shape index (κ2) is 12.2. The summed E-state index contributed by atoms with van der Waals surface area (Å²) in [4.78, 5) is 12.5. The number of carbonyl (C=O) groups excluding carboxylic acids is 1. The number of nitrogens with zero attached hydrogens (tertiary/aromatic N) is 2. The maximum atomic E-state index is 8.58. The van der Waals surface area contributed by atoms with Crippen molar-refractivity contribution < 1.29 is 9.53 Å². The van der Waals surface area contributed by atoms with Crippen LogP contribution in [0.1, 0.15) is 29.7 Å². The van der Waals surface area contributed by atoms with Gasteiger partial charge < -0.3 is 10.5 Å². The number of ether oxygens (including phenoxy) is 1. The van der Waals surface area contributed by atoms with Crippen LogP contribution in [0.3, 0.4) is 0 Å². The normalized spacial score (nSPS) is 18.4. The fraction of sp³-hybridized carbons (Fsp3) is 0.321. The summed E-state index contributed by atoms with van der Waals surface area (Å²) in [5.41, 5.74) is 11.1. The summed E-state index contributed by atoms with van der Waals surface area (Å²) in [5.74, 6) is 0. The van der Waals surface area contributed by atoms with Crippen LogP contribution in [0.4, 0.5) is 0 Å². The van der Waals surface area contributed by atoms with E-state index in [-0.39, 0.29) is 6.41 Å². The van der Waals surface area contributed by atoms with Crippen LogP contribution in [-0.4, -0.2) is 48.5 Å². The van der Waals surface area contributed by atoms with Gasteiger partial charge in [0.05, 0.1) is 13.2 Å². The predicted molar refractivity (Wildman–Crippen MR) is 139 cm³/mol. The molecule has 0 aromatic heterocycles. The number of hydrogen-bond donors (Lipinski definition) is 1. The molecule has 1 unspecified atom stereocenters. The molecule has 1 fully saturated rings. The molecule has 1 amide bonds. The van der Waals surface area contributed by atoms with Gasteiger partial charge in [-0.1, -0.05) is 60.7 Å². The van der Waals surface area contributed by atoms with Gasteiger partial charge in [0.2, 0.25) is 6.41 Å². The lowest BCUT2D eigenvalue weighted by Crippen LogP contribution is -2.33. The van der Waals surface area contributed by atoms with Gasteiger partial charge in [0.15, 0.2) is 0 Å². The minimum atomic E-state index is 0.250. The summed E-state index contributed by atoms with van der Waals surface area (Å²) in [7, 11) is 0. The minimum Gasteiger partial charge on any atom is -0.379 e. The van der Waals surface area contributed by atoms with Crippen LogP contribution in [0.25, 0.3) is 11.1 Å². The Bertz CT molecular complexity index is 1050. The van der Waals surface area contributed by atoms with Crippen molar-refractivity contribution in [1.82, 2.24) is 9.21 Å². The van der Waals surface area contributed by atoms with Crippen molar-refractivity contribution in [2.24, 2.45) is 5.73 Å². The van der Waals surface area contributed by atoms with Gasteiger partial charge in [-0.2, -0.15) is 0 Å². The molecule has 3 aromatic carbocycles. The number of primary amides is 1. The highest BCUT2D eigenvalue weighted by molar-refractivity contribution is 7.97. The summed E-state index contributed by atoms with van der Waals surface area (Å²) < 4.78 is 7.82. The Morgan fingerprint density at radius 2 is 1.56 bits per heavy atom. The van der Waals surface area contributed by atoms with E-state index in [0.29, 0.717) is 6.04 Å². The Kier molecular flexibility index (Phi) is 8.77. The highest BCUT2D eigenvalue weighted by Crippen LogP contribution is 2.31. The second-order valence-corrected chi connectivity index (χ2v) is 9.76. The van der Waals surface area contributed by atoms with Crippen molar-refractivity contribution in [1.29, 1.82) is 0 Å². The standard InChI is InChI=1S/C27H30N2OS.CH3NO/c1-21-27-5-3-2-4-25(27)14-15-28(21)20-22-6-8-23(9-7-22)24-10-12-26(13-11-24)31-29-16-18-30-19-17-29;2-1-3/h2-13,21H,14-20H2,1H3;1H,(H2,2,3). The first-order valence-electron chi connectivity index (χ1n) is 11.8. The highest BCUT2D eigenvalue weighted by Gasteiger charge is 2.23. The number of rotatable bonds is 5. The zero-order valence-corrected chi connectivity index (χ0v) is 20.5. The maximum Gasteiger partial charge on any atom is 0.204 e. The highest BCUT2D eigenvalue weighted by atomic mass is 32.2. The van der Waals surface area contributed by atoms with Crippen molar-refractivity contribution >= 4 is 18.4 Å². The van der Waals surface area contributed by atoms with Crippen LogP contribution in [0.15, 0.2) is 77.7 Å².